The van der Waals surface area contributed by atoms with Gasteiger partial charge >= 0.3 is 17.9 Å². The van der Waals surface area contributed by atoms with Gasteiger partial charge in [-0.25, -0.2) is 0 Å². The third-order valence-electron chi connectivity index (χ3n) is 15.5. The minimum absolute atomic E-state index is 0.0896. The van der Waals surface area contributed by atoms with Gasteiger partial charge in [-0.15, -0.1) is 0 Å². The number of rotatable bonds is 65. The number of carbonyl (C=O) groups is 3. The second kappa shape index (κ2) is 70.8. The Morgan fingerprint density at radius 3 is 0.759 bits per heavy atom. The molecule has 1 unspecified atom stereocenters. The second-order valence-electron chi connectivity index (χ2n) is 23.8. The van der Waals surface area contributed by atoms with Crippen molar-refractivity contribution in [2.75, 3.05) is 13.2 Å². The maximum absolute atomic E-state index is 12.9. The minimum atomic E-state index is -0.797. The van der Waals surface area contributed by atoms with Crippen LogP contribution in [0.4, 0.5) is 0 Å². The molecule has 1 atom stereocenters. The van der Waals surface area contributed by atoms with E-state index >= 15 is 0 Å². The third kappa shape index (κ3) is 69.0. The molecule has 0 saturated carbocycles. The Morgan fingerprint density at radius 1 is 0.253 bits per heavy atom. The summed E-state index contributed by atoms with van der Waals surface area (Å²) in [6.45, 7) is 6.49. The molecular formula is C77H134O6. The number of unbranched alkanes of at least 4 members (excludes halogenated alkanes) is 38. The Morgan fingerprint density at radius 2 is 0.470 bits per heavy atom. The number of esters is 3. The van der Waals surface area contributed by atoms with Crippen molar-refractivity contribution < 1.29 is 28.6 Å². The molecule has 6 heteroatoms. The van der Waals surface area contributed by atoms with Crippen LogP contribution in [0.25, 0.3) is 0 Å². The Hall–Kier alpha value is -3.67. The van der Waals surface area contributed by atoms with Crippen molar-refractivity contribution >= 4 is 17.9 Å². The molecule has 0 N–H and O–H groups in total. The first-order chi connectivity index (χ1) is 41.0. The quantitative estimate of drug-likeness (QED) is 0.0261. The van der Waals surface area contributed by atoms with Crippen LogP contribution >= 0.6 is 0 Å². The van der Waals surface area contributed by atoms with Gasteiger partial charge in [0.2, 0.25) is 0 Å². The fourth-order valence-electron chi connectivity index (χ4n) is 10.2. The van der Waals surface area contributed by atoms with Crippen LogP contribution in [0.15, 0.2) is 97.2 Å². The zero-order chi connectivity index (χ0) is 59.9. The maximum atomic E-state index is 12.9. The van der Waals surface area contributed by atoms with E-state index in [0.29, 0.717) is 19.3 Å². The SMILES string of the molecule is CC/C=C\C/C=C\C/C=C\C/C=C\CCCCCCC(=O)OC(COC(=O)CCCCCCC/C=C\C/C=C\CCCCC)COC(=O)CCCCCCCCCCCCCCCCCCCCCCC/C=C\C/C=C\CCCCCCC. The van der Waals surface area contributed by atoms with Crippen molar-refractivity contribution in [1.82, 2.24) is 0 Å². The first kappa shape index (κ1) is 79.3. The van der Waals surface area contributed by atoms with Crippen molar-refractivity contribution in [3.05, 3.63) is 97.2 Å². The van der Waals surface area contributed by atoms with Gasteiger partial charge in [0.05, 0.1) is 0 Å². The molecular weight excluding hydrogens is 1020 g/mol. The monoisotopic (exact) mass is 1160 g/mol. The van der Waals surface area contributed by atoms with Gasteiger partial charge in [-0.2, -0.15) is 0 Å². The molecule has 0 aromatic heterocycles. The van der Waals surface area contributed by atoms with Crippen LogP contribution < -0.4 is 0 Å². The summed E-state index contributed by atoms with van der Waals surface area (Å²) in [5, 5.41) is 0. The van der Waals surface area contributed by atoms with Crippen molar-refractivity contribution in [2.45, 2.75) is 361 Å². The number of allylic oxidation sites excluding steroid dienone is 16. The highest BCUT2D eigenvalue weighted by molar-refractivity contribution is 5.71. The Bertz CT molecular complexity index is 1610. The fraction of sp³-hybridized carbons (Fsp3) is 0.753. The summed E-state index contributed by atoms with van der Waals surface area (Å²) < 4.78 is 16.9. The fourth-order valence-corrected chi connectivity index (χ4v) is 10.2. The summed E-state index contributed by atoms with van der Waals surface area (Å²) in [6.07, 6.45) is 95.9. The standard InChI is InChI=1S/C77H134O6/c1-4-7-10-13-16-19-22-25-28-30-31-32-33-34-35-36-37-38-39-40-41-42-43-44-45-47-49-52-55-58-61-64-67-70-76(79)82-73-74(72-81-75(78)69-66-63-60-57-54-51-48-27-24-21-18-15-12-9-6-3)83-77(80)71-68-65-62-59-56-53-50-46-29-26-23-20-17-14-11-8-5-2/h8,11,17-18,20-22,25-27,29-31,48,50,53,74H,4-7,9-10,12-16,19,23-24,28,32-47,49,51-52,54-73H2,1-3H3/b11-8-,20-17-,21-18-,25-22-,29-26-,31-30-,48-27-,53-50-. The van der Waals surface area contributed by atoms with Crippen molar-refractivity contribution in [2.24, 2.45) is 0 Å². The lowest BCUT2D eigenvalue weighted by Crippen LogP contribution is -2.30. The van der Waals surface area contributed by atoms with Crippen LogP contribution in [0.3, 0.4) is 0 Å². The summed E-state index contributed by atoms with van der Waals surface area (Å²) in [7, 11) is 0. The van der Waals surface area contributed by atoms with Crippen LogP contribution in [-0.2, 0) is 28.6 Å². The van der Waals surface area contributed by atoms with Gasteiger partial charge in [0.15, 0.2) is 6.10 Å². The van der Waals surface area contributed by atoms with E-state index in [0.717, 1.165) is 128 Å². The van der Waals surface area contributed by atoms with Crippen LogP contribution in [-0.4, -0.2) is 37.2 Å². The Labute approximate surface area is 515 Å². The molecule has 0 spiro atoms. The molecule has 0 rings (SSSR count). The number of ether oxygens (including phenoxy) is 3. The van der Waals surface area contributed by atoms with E-state index in [4.69, 9.17) is 14.2 Å². The predicted octanol–water partition coefficient (Wildman–Crippen LogP) is 24.8. The molecule has 0 amide bonds. The summed E-state index contributed by atoms with van der Waals surface area (Å²) in [4.78, 5) is 38.4. The molecule has 0 saturated heterocycles. The first-order valence-electron chi connectivity index (χ1n) is 35.7. The van der Waals surface area contributed by atoms with E-state index in [-0.39, 0.29) is 31.1 Å². The second-order valence-corrected chi connectivity index (χ2v) is 23.8. The van der Waals surface area contributed by atoms with Crippen LogP contribution in [0.2, 0.25) is 0 Å². The molecule has 0 bridgehead atoms. The maximum Gasteiger partial charge on any atom is 0.306 e. The van der Waals surface area contributed by atoms with Gasteiger partial charge < -0.3 is 14.2 Å². The minimum Gasteiger partial charge on any atom is -0.462 e. The van der Waals surface area contributed by atoms with E-state index in [1.54, 1.807) is 0 Å². The smallest absolute Gasteiger partial charge is 0.306 e. The zero-order valence-corrected chi connectivity index (χ0v) is 54.9. The summed E-state index contributed by atoms with van der Waals surface area (Å²) in [6, 6.07) is 0. The average Bonchev–Trinajstić information content (AvgIpc) is 3.49. The zero-order valence-electron chi connectivity index (χ0n) is 54.9. The lowest BCUT2D eigenvalue weighted by Gasteiger charge is -2.18. The van der Waals surface area contributed by atoms with Gasteiger partial charge in [0.25, 0.3) is 0 Å². The highest BCUT2D eigenvalue weighted by Crippen LogP contribution is 2.17. The van der Waals surface area contributed by atoms with Crippen molar-refractivity contribution in [3.8, 4) is 0 Å². The summed E-state index contributed by atoms with van der Waals surface area (Å²) in [5.74, 6) is -0.913. The molecule has 0 aromatic carbocycles. The van der Waals surface area contributed by atoms with E-state index < -0.39 is 6.10 Å². The Balaban J connectivity index is 4.20. The van der Waals surface area contributed by atoms with Gasteiger partial charge in [0.1, 0.15) is 13.2 Å². The molecule has 478 valence electrons. The molecule has 0 radical (unpaired) electrons. The first-order valence-corrected chi connectivity index (χ1v) is 35.7. The molecule has 0 aliphatic carbocycles. The third-order valence-corrected chi connectivity index (χ3v) is 15.5. The largest absolute Gasteiger partial charge is 0.462 e. The lowest BCUT2D eigenvalue weighted by atomic mass is 10.0. The highest BCUT2D eigenvalue weighted by atomic mass is 16.6. The van der Waals surface area contributed by atoms with Gasteiger partial charge in [-0.05, 0) is 122 Å². The Kier molecular flexibility index (Phi) is 67.7. The molecule has 83 heavy (non-hydrogen) atoms. The highest BCUT2D eigenvalue weighted by Gasteiger charge is 2.19. The van der Waals surface area contributed by atoms with Gasteiger partial charge in [0, 0.05) is 19.3 Å². The number of hydrogen-bond acceptors (Lipinski definition) is 6. The van der Waals surface area contributed by atoms with Crippen LogP contribution in [0.5, 0.6) is 0 Å². The number of carbonyl (C=O) groups excluding carboxylic acids is 3. The number of hydrogen-bond donors (Lipinski definition) is 0. The topological polar surface area (TPSA) is 78.9 Å². The molecule has 0 aliphatic rings. The van der Waals surface area contributed by atoms with E-state index in [1.807, 2.05) is 0 Å². The van der Waals surface area contributed by atoms with E-state index in [2.05, 4.69) is 118 Å². The lowest BCUT2D eigenvalue weighted by molar-refractivity contribution is -0.167. The predicted molar refractivity (Wildman–Crippen MR) is 362 cm³/mol. The van der Waals surface area contributed by atoms with Gasteiger partial charge in [-0.3, -0.25) is 14.4 Å². The van der Waals surface area contributed by atoms with E-state index in [9.17, 15) is 14.4 Å². The summed E-state index contributed by atoms with van der Waals surface area (Å²) >= 11 is 0. The molecule has 6 nitrogen and oxygen atoms in total. The molecule has 0 heterocycles. The van der Waals surface area contributed by atoms with Crippen LogP contribution in [0.1, 0.15) is 355 Å². The molecule has 0 fully saturated rings. The normalized spacial score (nSPS) is 12.7. The molecule has 0 aliphatic heterocycles. The molecule has 0 aromatic rings. The van der Waals surface area contributed by atoms with Crippen molar-refractivity contribution in [1.29, 1.82) is 0 Å². The van der Waals surface area contributed by atoms with Crippen LogP contribution in [0, 0.1) is 0 Å². The average molecular weight is 1160 g/mol. The van der Waals surface area contributed by atoms with E-state index in [1.165, 1.54) is 186 Å². The summed E-state index contributed by atoms with van der Waals surface area (Å²) in [5.41, 5.74) is 0. The van der Waals surface area contributed by atoms with Gasteiger partial charge in [-0.1, -0.05) is 311 Å². The van der Waals surface area contributed by atoms with Crippen molar-refractivity contribution in [3.63, 3.8) is 0 Å².